The Balaban J connectivity index is 3.16. The molecule has 0 N–H and O–H groups in total. The molecule has 1 nitrogen and oxygen atoms in total. The van der Waals surface area contributed by atoms with E-state index in [9.17, 15) is 0 Å². The first-order chi connectivity index (χ1) is 6.72. The molecule has 0 aromatic carbocycles. The predicted octanol–water partition coefficient (Wildman–Crippen LogP) is 4.22. The first kappa shape index (κ1) is 12.2. The SMILES string of the molecule is CC(C)C1=CC(C)(C)/C=C\C(C)(C)C=N1. The zero-order valence-corrected chi connectivity index (χ0v) is 10.8. The van der Waals surface area contributed by atoms with Gasteiger partial charge in [-0.15, -0.1) is 0 Å². The van der Waals surface area contributed by atoms with E-state index in [1.54, 1.807) is 0 Å². The van der Waals surface area contributed by atoms with E-state index in [0.717, 1.165) is 0 Å². The maximum atomic E-state index is 4.62. The van der Waals surface area contributed by atoms with Gasteiger partial charge < -0.3 is 0 Å². The quantitative estimate of drug-likeness (QED) is 0.568. The van der Waals surface area contributed by atoms with Gasteiger partial charge in [-0.25, -0.2) is 0 Å². The molecule has 0 fully saturated rings. The van der Waals surface area contributed by atoms with Gasteiger partial charge in [-0.1, -0.05) is 59.8 Å². The Morgan fingerprint density at radius 3 is 2.07 bits per heavy atom. The van der Waals surface area contributed by atoms with Gasteiger partial charge in [0.25, 0.3) is 0 Å². The molecule has 0 saturated heterocycles. The molecule has 1 aliphatic heterocycles. The van der Waals surface area contributed by atoms with Gasteiger partial charge in [0.15, 0.2) is 0 Å². The highest BCUT2D eigenvalue weighted by Gasteiger charge is 2.19. The fraction of sp³-hybridized carbons (Fsp3) is 0.643. The largest absolute Gasteiger partial charge is 0.265 e. The monoisotopic (exact) mass is 205 g/mol. The number of hydrogen-bond donors (Lipinski definition) is 0. The zero-order chi connectivity index (χ0) is 11.7. The molecule has 0 unspecified atom stereocenters. The molecule has 84 valence electrons. The smallest absolute Gasteiger partial charge is 0.0394 e. The Labute approximate surface area is 94.0 Å². The van der Waals surface area contributed by atoms with Crippen LogP contribution in [0.25, 0.3) is 0 Å². The number of aliphatic imine (C=N–C) groups is 1. The molecule has 1 heteroatoms. The fourth-order valence-corrected chi connectivity index (χ4v) is 1.50. The van der Waals surface area contributed by atoms with Crippen LogP contribution in [0.15, 0.2) is 28.9 Å². The Hall–Kier alpha value is -0.850. The van der Waals surface area contributed by atoms with E-state index >= 15 is 0 Å². The summed E-state index contributed by atoms with van der Waals surface area (Å²) in [4.78, 5) is 4.62. The van der Waals surface area contributed by atoms with Gasteiger partial charge in [0.05, 0.1) is 0 Å². The highest BCUT2D eigenvalue weighted by atomic mass is 14.8. The van der Waals surface area contributed by atoms with Crippen molar-refractivity contribution in [2.75, 3.05) is 0 Å². The number of hydrogen-bond acceptors (Lipinski definition) is 1. The summed E-state index contributed by atoms with van der Waals surface area (Å²) in [5.74, 6) is 0.489. The van der Waals surface area contributed by atoms with Crippen LogP contribution < -0.4 is 0 Å². The topological polar surface area (TPSA) is 12.4 Å². The Morgan fingerprint density at radius 2 is 1.53 bits per heavy atom. The van der Waals surface area contributed by atoms with Gasteiger partial charge in [-0.05, 0) is 5.92 Å². The third-order valence-corrected chi connectivity index (χ3v) is 2.60. The van der Waals surface area contributed by atoms with E-state index in [0.29, 0.717) is 5.92 Å². The molecule has 1 rings (SSSR count). The lowest BCUT2D eigenvalue weighted by Gasteiger charge is -2.24. The van der Waals surface area contributed by atoms with Crippen molar-refractivity contribution in [3.63, 3.8) is 0 Å². The second-order valence-corrected chi connectivity index (χ2v) is 5.96. The molecule has 1 heterocycles. The molecular weight excluding hydrogens is 182 g/mol. The van der Waals surface area contributed by atoms with E-state index in [-0.39, 0.29) is 10.8 Å². The van der Waals surface area contributed by atoms with Gasteiger partial charge in [0.1, 0.15) is 0 Å². The van der Waals surface area contributed by atoms with Crippen molar-refractivity contribution < 1.29 is 0 Å². The summed E-state index contributed by atoms with van der Waals surface area (Å²) in [6, 6.07) is 0. The van der Waals surface area contributed by atoms with Crippen LogP contribution in [0.1, 0.15) is 41.5 Å². The van der Waals surface area contributed by atoms with Crippen LogP contribution in [0.2, 0.25) is 0 Å². The first-order valence-corrected chi connectivity index (χ1v) is 5.70. The summed E-state index contributed by atoms with van der Waals surface area (Å²) in [6.07, 6.45) is 8.83. The van der Waals surface area contributed by atoms with Crippen molar-refractivity contribution in [2.45, 2.75) is 41.5 Å². The molecule has 0 aromatic heterocycles. The van der Waals surface area contributed by atoms with Crippen LogP contribution in [-0.2, 0) is 0 Å². The van der Waals surface area contributed by atoms with Crippen molar-refractivity contribution >= 4 is 6.21 Å². The minimum Gasteiger partial charge on any atom is -0.265 e. The van der Waals surface area contributed by atoms with Crippen molar-refractivity contribution in [3.05, 3.63) is 23.9 Å². The maximum absolute atomic E-state index is 4.62. The van der Waals surface area contributed by atoms with Crippen LogP contribution in [-0.4, -0.2) is 6.21 Å². The van der Waals surface area contributed by atoms with E-state index in [2.05, 4.69) is 64.8 Å². The second-order valence-electron chi connectivity index (χ2n) is 5.96. The van der Waals surface area contributed by atoms with Crippen molar-refractivity contribution in [2.24, 2.45) is 21.7 Å². The Bertz CT molecular complexity index is 314. The molecule has 0 aromatic rings. The van der Waals surface area contributed by atoms with E-state index in [4.69, 9.17) is 0 Å². The van der Waals surface area contributed by atoms with Gasteiger partial charge in [0.2, 0.25) is 0 Å². The highest BCUT2D eigenvalue weighted by molar-refractivity contribution is 5.69. The van der Waals surface area contributed by atoms with Crippen LogP contribution >= 0.6 is 0 Å². The van der Waals surface area contributed by atoms with Crippen molar-refractivity contribution in [3.8, 4) is 0 Å². The lowest BCUT2D eigenvalue weighted by Crippen LogP contribution is -2.16. The molecule has 15 heavy (non-hydrogen) atoms. The molecule has 0 atom stereocenters. The third-order valence-electron chi connectivity index (χ3n) is 2.60. The van der Waals surface area contributed by atoms with Crippen LogP contribution in [0, 0.1) is 16.7 Å². The lowest BCUT2D eigenvalue weighted by atomic mass is 9.84. The van der Waals surface area contributed by atoms with Crippen LogP contribution in [0.4, 0.5) is 0 Å². The summed E-state index contributed by atoms with van der Waals surface area (Å²) >= 11 is 0. The minimum atomic E-state index is 0.0612. The second kappa shape index (κ2) is 3.96. The van der Waals surface area contributed by atoms with Gasteiger partial charge >= 0.3 is 0 Å². The predicted molar refractivity (Wildman–Crippen MR) is 68.1 cm³/mol. The van der Waals surface area contributed by atoms with E-state index < -0.39 is 0 Å². The fourth-order valence-electron chi connectivity index (χ4n) is 1.50. The molecular formula is C14H23N. The summed E-state index contributed by atoms with van der Waals surface area (Å²) in [6.45, 7) is 13.2. The highest BCUT2D eigenvalue weighted by Crippen LogP contribution is 2.29. The standard InChI is InChI=1S/C14H23N/c1-11(2)12-9-13(3,4)7-8-14(5,6)10-15-12/h7-11H,1-6H3/b8-7-,12-9?,15-10?. The van der Waals surface area contributed by atoms with Crippen LogP contribution in [0.3, 0.4) is 0 Å². The van der Waals surface area contributed by atoms with Crippen LogP contribution in [0.5, 0.6) is 0 Å². The van der Waals surface area contributed by atoms with Gasteiger partial charge in [-0.2, -0.15) is 0 Å². The summed E-state index contributed by atoms with van der Waals surface area (Å²) in [5, 5.41) is 0. The first-order valence-electron chi connectivity index (χ1n) is 5.70. The average Bonchev–Trinajstić information content (AvgIpc) is 2.07. The molecule has 0 radical (unpaired) electrons. The maximum Gasteiger partial charge on any atom is 0.0394 e. The normalized spacial score (nSPS) is 25.7. The summed E-state index contributed by atoms with van der Waals surface area (Å²) in [5.41, 5.74) is 1.36. The number of nitrogens with zero attached hydrogens (tertiary/aromatic N) is 1. The third kappa shape index (κ3) is 3.65. The zero-order valence-electron chi connectivity index (χ0n) is 10.8. The van der Waals surface area contributed by atoms with Gasteiger partial charge in [-0.3, -0.25) is 4.99 Å². The number of rotatable bonds is 1. The van der Waals surface area contributed by atoms with E-state index in [1.807, 2.05) is 6.21 Å². The molecule has 0 amide bonds. The summed E-state index contributed by atoms with van der Waals surface area (Å²) in [7, 11) is 0. The Kier molecular flexibility index (Phi) is 3.22. The summed E-state index contributed by atoms with van der Waals surface area (Å²) < 4.78 is 0. The number of allylic oxidation sites excluding steroid dienone is 4. The minimum absolute atomic E-state index is 0.0612. The molecule has 1 aliphatic rings. The van der Waals surface area contributed by atoms with Gasteiger partial charge in [0, 0.05) is 22.7 Å². The van der Waals surface area contributed by atoms with E-state index in [1.165, 1.54) is 5.70 Å². The molecule has 0 aliphatic carbocycles. The lowest BCUT2D eigenvalue weighted by molar-refractivity contribution is 0.577. The molecule has 0 saturated carbocycles. The Morgan fingerprint density at radius 1 is 1.00 bits per heavy atom. The molecule has 0 spiro atoms. The average molecular weight is 205 g/mol. The van der Waals surface area contributed by atoms with Crippen molar-refractivity contribution in [1.82, 2.24) is 0 Å². The van der Waals surface area contributed by atoms with Crippen molar-refractivity contribution in [1.29, 1.82) is 0 Å². The molecule has 0 bridgehead atoms.